The number of amides is 1. The Morgan fingerprint density at radius 2 is 2.11 bits per heavy atom. The van der Waals surface area contributed by atoms with Crippen molar-refractivity contribution >= 4 is 28.8 Å². The Kier molecular flexibility index (Phi) is 3.81. The molecule has 1 saturated carbocycles. The minimum absolute atomic E-state index is 0.0966. The topological polar surface area (TPSA) is 64.3 Å². The molecule has 1 amide bonds. The number of nitrogens with two attached hydrogens (primary N) is 1. The van der Waals surface area contributed by atoms with Crippen LogP contribution in [-0.4, -0.2) is 17.5 Å². The SMILES string of the molecule is CC1CC1C(=O)Nc1ccc(OCC(N)=S)cc1. The van der Waals surface area contributed by atoms with Crippen LogP contribution < -0.4 is 15.8 Å². The predicted octanol–water partition coefficient (Wildman–Crippen LogP) is 1.95. The first kappa shape index (κ1) is 12.8. The number of hydrogen-bond acceptors (Lipinski definition) is 3. The van der Waals surface area contributed by atoms with Crippen molar-refractivity contribution in [3.05, 3.63) is 24.3 Å². The molecule has 1 aromatic rings. The van der Waals surface area contributed by atoms with Crippen LogP contribution in [-0.2, 0) is 4.79 Å². The molecule has 0 heterocycles. The number of carbonyl (C=O) groups is 1. The summed E-state index contributed by atoms with van der Waals surface area (Å²) >= 11 is 4.72. The average Bonchev–Trinajstić information content (AvgIpc) is 3.05. The molecule has 4 nitrogen and oxygen atoms in total. The molecule has 96 valence electrons. The molecule has 18 heavy (non-hydrogen) atoms. The third-order valence-corrected chi connectivity index (χ3v) is 3.07. The van der Waals surface area contributed by atoms with E-state index in [1.165, 1.54) is 0 Å². The van der Waals surface area contributed by atoms with Crippen LogP contribution in [0.4, 0.5) is 5.69 Å². The third-order valence-electron chi connectivity index (χ3n) is 2.95. The highest BCUT2D eigenvalue weighted by atomic mass is 32.1. The maximum absolute atomic E-state index is 11.7. The number of ether oxygens (including phenoxy) is 1. The number of rotatable bonds is 5. The van der Waals surface area contributed by atoms with Gasteiger partial charge in [-0.1, -0.05) is 19.1 Å². The maximum Gasteiger partial charge on any atom is 0.227 e. The van der Waals surface area contributed by atoms with Crippen LogP contribution in [0.3, 0.4) is 0 Å². The summed E-state index contributed by atoms with van der Waals surface area (Å²) in [4.78, 5) is 12.0. The van der Waals surface area contributed by atoms with Gasteiger partial charge in [-0.3, -0.25) is 4.79 Å². The summed E-state index contributed by atoms with van der Waals surface area (Å²) in [5.41, 5.74) is 6.12. The second-order valence-electron chi connectivity index (χ2n) is 4.59. The fourth-order valence-electron chi connectivity index (χ4n) is 1.71. The molecule has 0 saturated heterocycles. The van der Waals surface area contributed by atoms with E-state index in [0.717, 1.165) is 12.1 Å². The predicted molar refractivity (Wildman–Crippen MR) is 74.6 cm³/mol. The Bertz CT molecular complexity index is 459. The Morgan fingerprint density at radius 3 is 2.61 bits per heavy atom. The zero-order valence-corrected chi connectivity index (χ0v) is 11.0. The van der Waals surface area contributed by atoms with E-state index in [-0.39, 0.29) is 18.4 Å². The molecule has 2 rings (SSSR count). The van der Waals surface area contributed by atoms with Gasteiger partial charge >= 0.3 is 0 Å². The summed E-state index contributed by atoms with van der Waals surface area (Å²) in [5, 5.41) is 2.88. The summed E-state index contributed by atoms with van der Waals surface area (Å²) in [7, 11) is 0. The molecule has 3 N–H and O–H groups in total. The van der Waals surface area contributed by atoms with Crippen molar-refractivity contribution in [1.29, 1.82) is 0 Å². The zero-order chi connectivity index (χ0) is 13.1. The number of carbonyl (C=O) groups excluding carboxylic acids is 1. The minimum atomic E-state index is 0.0966. The zero-order valence-electron chi connectivity index (χ0n) is 10.2. The molecule has 0 aromatic heterocycles. The smallest absolute Gasteiger partial charge is 0.227 e. The summed E-state index contributed by atoms with van der Waals surface area (Å²) < 4.78 is 5.33. The fourth-order valence-corrected chi connectivity index (χ4v) is 1.77. The second-order valence-corrected chi connectivity index (χ2v) is 5.11. The van der Waals surface area contributed by atoms with Gasteiger partial charge in [0.25, 0.3) is 0 Å². The van der Waals surface area contributed by atoms with Crippen molar-refractivity contribution < 1.29 is 9.53 Å². The summed E-state index contributed by atoms with van der Waals surface area (Å²) in [6.45, 7) is 2.30. The Hall–Kier alpha value is -1.62. The van der Waals surface area contributed by atoms with E-state index in [0.29, 0.717) is 16.7 Å². The van der Waals surface area contributed by atoms with Gasteiger partial charge in [-0.15, -0.1) is 0 Å². The van der Waals surface area contributed by atoms with Gasteiger partial charge in [0, 0.05) is 11.6 Å². The lowest BCUT2D eigenvalue weighted by atomic mass is 10.2. The van der Waals surface area contributed by atoms with Crippen molar-refractivity contribution in [3.63, 3.8) is 0 Å². The number of benzene rings is 1. The van der Waals surface area contributed by atoms with Crippen LogP contribution in [0.2, 0.25) is 0 Å². The van der Waals surface area contributed by atoms with E-state index in [2.05, 4.69) is 12.2 Å². The van der Waals surface area contributed by atoms with Crippen LogP contribution in [0.25, 0.3) is 0 Å². The van der Waals surface area contributed by atoms with Crippen LogP contribution in [0.5, 0.6) is 5.75 Å². The lowest BCUT2D eigenvalue weighted by Crippen LogP contribution is -2.18. The molecule has 5 heteroatoms. The number of anilines is 1. The van der Waals surface area contributed by atoms with Gasteiger partial charge in [-0.05, 0) is 36.6 Å². The Labute approximate surface area is 112 Å². The first-order valence-electron chi connectivity index (χ1n) is 5.88. The van der Waals surface area contributed by atoms with Gasteiger partial charge in [0.15, 0.2) is 0 Å². The fraction of sp³-hybridized carbons (Fsp3) is 0.385. The molecule has 0 aliphatic heterocycles. The van der Waals surface area contributed by atoms with Gasteiger partial charge in [0.2, 0.25) is 5.91 Å². The van der Waals surface area contributed by atoms with Crippen LogP contribution in [0.1, 0.15) is 13.3 Å². The van der Waals surface area contributed by atoms with Crippen molar-refractivity contribution in [2.24, 2.45) is 17.6 Å². The normalized spacial score (nSPS) is 21.2. The van der Waals surface area contributed by atoms with E-state index in [4.69, 9.17) is 22.7 Å². The van der Waals surface area contributed by atoms with Crippen LogP contribution in [0.15, 0.2) is 24.3 Å². The standard InChI is InChI=1S/C13H16N2O2S/c1-8-6-11(8)13(16)15-9-2-4-10(5-3-9)17-7-12(14)18/h2-5,8,11H,6-7H2,1H3,(H2,14,18)(H,15,16). The molecule has 1 aromatic carbocycles. The molecule has 0 bridgehead atoms. The maximum atomic E-state index is 11.7. The highest BCUT2D eigenvalue weighted by Crippen LogP contribution is 2.38. The molecule has 1 aliphatic rings. The number of nitrogens with one attached hydrogen (secondary N) is 1. The largest absolute Gasteiger partial charge is 0.487 e. The molecule has 1 fully saturated rings. The van der Waals surface area contributed by atoms with Gasteiger partial charge in [-0.25, -0.2) is 0 Å². The highest BCUT2D eigenvalue weighted by Gasteiger charge is 2.38. The van der Waals surface area contributed by atoms with E-state index < -0.39 is 0 Å². The van der Waals surface area contributed by atoms with E-state index in [1.54, 1.807) is 24.3 Å². The van der Waals surface area contributed by atoms with Crippen LogP contribution in [0, 0.1) is 11.8 Å². The van der Waals surface area contributed by atoms with E-state index >= 15 is 0 Å². The van der Waals surface area contributed by atoms with Crippen molar-refractivity contribution in [2.75, 3.05) is 11.9 Å². The van der Waals surface area contributed by atoms with Crippen LogP contribution >= 0.6 is 12.2 Å². The van der Waals surface area contributed by atoms with Crippen molar-refractivity contribution in [3.8, 4) is 5.75 Å². The van der Waals surface area contributed by atoms with Gasteiger partial charge in [-0.2, -0.15) is 0 Å². The van der Waals surface area contributed by atoms with Crippen molar-refractivity contribution in [1.82, 2.24) is 0 Å². The first-order valence-corrected chi connectivity index (χ1v) is 6.29. The Morgan fingerprint density at radius 1 is 1.50 bits per heavy atom. The molecule has 1 aliphatic carbocycles. The molecular formula is C13H16N2O2S. The monoisotopic (exact) mass is 264 g/mol. The number of thiocarbonyl (C=S) groups is 1. The highest BCUT2D eigenvalue weighted by molar-refractivity contribution is 7.80. The lowest BCUT2D eigenvalue weighted by molar-refractivity contribution is -0.117. The summed E-state index contributed by atoms with van der Waals surface area (Å²) in [5.74, 6) is 1.47. The molecule has 0 radical (unpaired) electrons. The van der Waals surface area contributed by atoms with Gasteiger partial charge in [0.05, 0.1) is 0 Å². The number of hydrogen-bond donors (Lipinski definition) is 2. The molecule has 0 spiro atoms. The van der Waals surface area contributed by atoms with Gasteiger partial charge in [0.1, 0.15) is 17.3 Å². The third kappa shape index (κ3) is 3.43. The second kappa shape index (κ2) is 5.35. The summed E-state index contributed by atoms with van der Waals surface area (Å²) in [6.07, 6.45) is 0.987. The molecule has 2 atom stereocenters. The van der Waals surface area contributed by atoms with Crippen molar-refractivity contribution in [2.45, 2.75) is 13.3 Å². The first-order chi connectivity index (χ1) is 8.56. The Balaban J connectivity index is 1.87. The quantitative estimate of drug-likeness (QED) is 0.798. The summed E-state index contributed by atoms with van der Waals surface area (Å²) in [6, 6.07) is 7.17. The van der Waals surface area contributed by atoms with Gasteiger partial charge < -0.3 is 15.8 Å². The molecule has 2 unspecified atom stereocenters. The minimum Gasteiger partial charge on any atom is -0.487 e. The van der Waals surface area contributed by atoms with E-state index in [9.17, 15) is 4.79 Å². The average molecular weight is 264 g/mol. The molecular weight excluding hydrogens is 248 g/mol. The van der Waals surface area contributed by atoms with E-state index in [1.807, 2.05) is 0 Å². The lowest BCUT2D eigenvalue weighted by Gasteiger charge is -2.07.